The van der Waals surface area contributed by atoms with Crippen LogP contribution < -0.4 is 0 Å². The second-order valence-electron chi connectivity index (χ2n) is 6.01. The molecule has 0 amide bonds. The summed E-state index contributed by atoms with van der Waals surface area (Å²) in [5.41, 5.74) is 1.36. The molecule has 1 N–H and O–H groups in total. The van der Waals surface area contributed by atoms with Crippen molar-refractivity contribution in [2.45, 2.75) is 24.9 Å². The van der Waals surface area contributed by atoms with Gasteiger partial charge in [0.1, 0.15) is 11.4 Å². The Bertz CT molecular complexity index is 768. The van der Waals surface area contributed by atoms with E-state index in [4.69, 9.17) is 0 Å². The van der Waals surface area contributed by atoms with Gasteiger partial charge in [-0.3, -0.25) is 0 Å². The van der Waals surface area contributed by atoms with E-state index in [1.807, 2.05) is 60.7 Å². The van der Waals surface area contributed by atoms with Crippen LogP contribution in [0.25, 0.3) is 0 Å². The van der Waals surface area contributed by atoms with Crippen molar-refractivity contribution in [2.75, 3.05) is 0 Å². The van der Waals surface area contributed by atoms with Crippen LogP contribution in [0.4, 0.5) is 4.39 Å². The number of hydrogen-bond donors (Lipinski definition) is 1. The standard InChI is InChI=1S/C22H21FO/c1-2-21(17-9-5-3-6-10-17)22(24,18-11-7-4-8-12-18)19-13-15-20(23)16-14-19/h3-16,21,24H,2H2,1H3/t21-,22+/m1/s1. The molecule has 0 aromatic heterocycles. The summed E-state index contributed by atoms with van der Waals surface area (Å²) in [6.45, 7) is 2.06. The number of hydrogen-bond acceptors (Lipinski definition) is 1. The van der Waals surface area contributed by atoms with Gasteiger partial charge in [0.05, 0.1) is 0 Å². The van der Waals surface area contributed by atoms with E-state index >= 15 is 0 Å². The van der Waals surface area contributed by atoms with Crippen LogP contribution in [0.5, 0.6) is 0 Å². The predicted octanol–water partition coefficient (Wildman–Crippen LogP) is 5.26. The van der Waals surface area contributed by atoms with E-state index in [0.717, 1.165) is 17.5 Å². The van der Waals surface area contributed by atoms with Gasteiger partial charge >= 0.3 is 0 Å². The molecule has 0 spiro atoms. The van der Waals surface area contributed by atoms with Crippen molar-refractivity contribution >= 4 is 0 Å². The lowest BCUT2D eigenvalue weighted by atomic mass is 9.72. The summed E-state index contributed by atoms with van der Waals surface area (Å²) >= 11 is 0. The number of rotatable bonds is 5. The van der Waals surface area contributed by atoms with E-state index < -0.39 is 5.60 Å². The molecule has 0 fully saturated rings. The van der Waals surface area contributed by atoms with E-state index in [9.17, 15) is 9.50 Å². The van der Waals surface area contributed by atoms with Crippen molar-refractivity contribution in [3.63, 3.8) is 0 Å². The third-order valence-electron chi connectivity index (χ3n) is 4.61. The Balaban J connectivity index is 2.20. The molecule has 24 heavy (non-hydrogen) atoms. The third-order valence-corrected chi connectivity index (χ3v) is 4.61. The lowest BCUT2D eigenvalue weighted by Gasteiger charge is -2.37. The van der Waals surface area contributed by atoms with Crippen molar-refractivity contribution in [3.05, 3.63) is 107 Å². The van der Waals surface area contributed by atoms with Gasteiger partial charge in [0.2, 0.25) is 0 Å². The molecule has 3 aromatic carbocycles. The minimum absolute atomic E-state index is 0.133. The SMILES string of the molecule is CC[C@H](c1ccccc1)[C@](O)(c1ccccc1)c1ccc(F)cc1. The molecule has 0 bridgehead atoms. The largest absolute Gasteiger partial charge is 0.380 e. The highest BCUT2D eigenvalue weighted by Crippen LogP contribution is 2.44. The van der Waals surface area contributed by atoms with Gasteiger partial charge in [0, 0.05) is 5.92 Å². The first-order valence-electron chi connectivity index (χ1n) is 8.25. The Kier molecular flexibility index (Phi) is 4.77. The fraction of sp³-hybridized carbons (Fsp3) is 0.182. The van der Waals surface area contributed by atoms with Crippen LogP contribution >= 0.6 is 0 Å². The summed E-state index contributed by atoms with van der Waals surface area (Å²) in [6, 6.07) is 25.8. The highest BCUT2D eigenvalue weighted by atomic mass is 19.1. The fourth-order valence-corrected chi connectivity index (χ4v) is 3.42. The second-order valence-corrected chi connectivity index (χ2v) is 6.01. The van der Waals surface area contributed by atoms with E-state index in [1.165, 1.54) is 12.1 Å². The molecule has 122 valence electrons. The van der Waals surface area contributed by atoms with E-state index in [0.29, 0.717) is 5.56 Å². The molecule has 0 aliphatic carbocycles. The zero-order valence-corrected chi connectivity index (χ0v) is 13.7. The van der Waals surface area contributed by atoms with Gasteiger partial charge in [-0.2, -0.15) is 0 Å². The molecule has 0 saturated heterocycles. The van der Waals surface area contributed by atoms with Gasteiger partial charge in [0.15, 0.2) is 0 Å². The van der Waals surface area contributed by atoms with Gasteiger partial charge in [-0.15, -0.1) is 0 Å². The molecular weight excluding hydrogens is 299 g/mol. The summed E-state index contributed by atoms with van der Waals surface area (Å²) in [5, 5.41) is 11.8. The highest BCUT2D eigenvalue weighted by Gasteiger charge is 2.40. The summed E-state index contributed by atoms with van der Waals surface area (Å²) in [5.74, 6) is -0.437. The molecular formula is C22H21FO. The normalized spacial score (nSPS) is 14.8. The van der Waals surface area contributed by atoms with Gasteiger partial charge in [-0.25, -0.2) is 4.39 Å². The Hall–Kier alpha value is -2.45. The maximum absolute atomic E-state index is 13.4. The van der Waals surface area contributed by atoms with Crippen LogP contribution in [0.2, 0.25) is 0 Å². The minimum Gasteiger partial charge on any atom is -0.380 e. The summed E-state index contributed by atoms with van der Waals surface area (Å²) < 4.78 is 13.4. The molecule has 2 atom stereocenters. The molecule has 0 heterocycles. The Morgan fingerprint density at radius 1 is 0.792 bits per heavy atom. The van der Waals surface area contributed by atoms with Crippen molar-refractivity contribution in [3.8, 4) is 0 Å². The summed E-state index contributed by atoms with van der Waals surface area (Å²) in [6.07, 6.45) is 0.757. The van der Waals surface area contributed by atoms with Crippen molar-refractivity contribution in [2.24, 2.45) is 0 Å². The molecule has 1 nitrogen and oxygen atoms in total. The third kappa shape index (κ3) is 2.98. The molecule has 0 aliphatic heterocycles. The summed E-state index contributed by atoms with van der Waals surface area (Å²) in [4.78, 5) is 0. The van der Waals surface area contributed by atoms with Crippen LogP contribution in [0, 0.1) is 5.82 Å². The zero-order chi connectivity index (χ0) is 17.0. The first-order valence-corrected chi connectivity index (χ1v) is 8.25. The molecule has 0 radical (unpaired) electrons. The highest BCUT2D eigenvalue weighted by molar-refractivity contribution is 5.41. The maximum atomic E-state index is 13.4. The average molecular weight is 320 g/mol. The summed E-state index contributed by atoms with van der Waals surface area (Å²) in [7, 11) is 0. The topological polar surface area (TPSA) is 20.2 Å². The average Bonchev–Trinajstić information content (AvgIpc) is 2.64. The first kappa shape index (κ1) is 16.4. The van der Waals surface area contributed by atoms with Crippen molar-refractivity contribution in [1.82, 2.24) is 0 Å². The fourth-order valence-electron chi connectivity index (χ4n) is 3.42. The van der Waals surface area contributed by atoms with Gasteiger partial charge in [0.25, 0.3) is 0 Å². The Labute approximate surface area is 142 Å². The van der Waals surface area contributed by atoms with Crippen LogP contribution in [0.1, 0.15) is 36.0 Å². The van der Waals surface area contributed by atoms with E-state index in [-0.39, 0.29) is 11.7 Å². The lowest BCUT2D eigenvalue weighted by molar-refractivity contribution is 0.0476. The van der Waals surface area contributed by atoms with Crippen LogP contribution in [-0.2, 0) is 5.60 Å². The van der Waals surface area contributed by atoms with Gasteiger partial charge in [-0.1, -0.05) is 79.7 Å². The van der Waals surface area contributed by atoms with E-state index in [1.54, 1.807) is 12.1 Å². The number of benzene rings is 3. The first-order chi connectivity index (χ1) is 11.7. The predicted molar refractivity (Wildman–Crippen MR) is 95.3 cm³/mol. The minimum atomic E-state index is -1.22. The van der Waals surface area contributed by atoms with Gasteiger partial charge in [-0.05, 0) is 35.2 Å². The monoisotopic (exact) mass is 320 g/mol. The van der Waals surface area contributed by atoms with E-state index in [2.05, 4.69) is 6.92 Å². The molecule has 3 rings (SSSR count). The van der Waals surface area contributed by atoms with Crippen LogP contribution in [0.15, 0.2) is 84.9 Å². The Morgan fingerprint density at radius 2 is 1.29 bits per heavy atom. The van der Waals surface area contributed by atoms with Gasteiger partial charge < -0.3 is 5.11 Å². The maximum Gasteiger partial charge on any atom is 0.123 e. The molecule has 0 unspecified atom stereocenters. The van der Waals surface area contributed by atoms with Crippen LogP contribution in [0.3, 0.4) is 0 Å². The van der Waals surface area contributed by atoms with Crippen molar-refractivity contribution < 1.29 is 9.50 Å². The molecule has 2 heteroatoms. The smallest absolute Gasteiger partial charge is 0.123 e. The number of halogens is 1. The Morgan fingerprint density at radius 3 is 1.83 bits per heavy atom. The zero-order valence-electron chi connectivity index (χ0n) is 13.7. The number of aliphatic hydroxyl groups is 1. The molecule has 3 aromatic rings. The molecule has 0 aliphatic rings. The molecule has 0 saturated carbocycles. The second kappa shape index (κ2) is 6.98. The lowest BCUT2D eigenvalue weighted by Crippen LogP contribution is -2.34. The van der Waals surface area contributed by atoms with Crippen molar-refractivity contribution in [1.29, 1.82) is 0 Å². The quantitative estimate of drug-likeness (QED) is 0.680. The van der Waals surface area contributed by atoms with Crippen LogP contribution in [-0.4, -0.2) is 5.11 Å².